The quantitative estimate of drug-likeness (QED) is 0.915. The van der Waals surface area contributed by atoms with E-state index in [4.69, 9.17) is 9.47 Å². The molecule has 1 aliphatic heterocycles. The summed E-state index contributed by atoms with van der Waals surface area (Å²) < 4.78 is 24.4. The molecule has 2 aromatic carbocycles. The van der Waals surface area contributed by atoms with Crippen molar-refractivity contribution in [1.82, 2.24) is 0 Å². The highest BCUT2D eigenvalue weighted by Crippen LogP contribution is 2.35. The molecule has 19 heavy (non-hydrogen) atoms. The van der Waals surface area contributed by atoms with Gasteiger partial charge in [-0.05, 0) is 30.7 Å². The number of para-hydroxylation sites is 1. The maximum Gasteiger partial charge on any atom is 0.231 e. The van der Waals surface area contributed by atoms with E-state index in [0.29, 0.717) is 12.2 Å². The van der Waals surface area contributed by atoms with Crippen LogP contribution in [0.4, 0.5) is 10.1 Å². The van der Waals surface area contributed by atoms with E-state index in [2.05, 4.69) is 5.32 Å². The summed E-state index contributed by atoms with van der Waals surface area (Å²) in [5.41, 5.74) is 2.47. The monoisotopic (exact) mass is 259 g/mol. The lowest BCUT2D eigenvalue weighted by Gasteiger charge is -2.10. The van der Waals surface area contributed by atoms with E-state index in [1.165, 1.54) is 6.07 Å². The van der Waals surface area contributed by atoms with Gasteiger partial charge in [-0.3, -0.25) is 0 Å². The first-order valence-corrected chi connectivity index (χ1v) is 6.11. The molecule has 0 atom stereocenters. The third-order valence-electron chi connectivity index (χ3n) is 3.07. The van der Waals surface area contributed by atoms with E-state index in [-0.39, 0.29) is 12.6 Å². The van der Waals surface area contributed by atoms with Gasteiger partial charge in [-0.1, -0.05) is 18.2 Å². The van der Waals surface area contributed by atoms with Crippen LogP contribution in [-0.4, -0.2) is 6.79 Å². The summed E-state index contributed by atoms with van der Waals surface area (Å²) >= 11 is 0. The maximum absolute atomic E-state index is 13.6. The maximum atomic E-state index is 13.6. The predicted octanol–water partition coefficient (Wildman–Crippen LogP) is 3.47. The van der Waals surface area contributed by atoms with E-state index in [0.717, 1.165) is 22.6 Å². The van der Waals surface area contributed by atoms with Crippen LogP contribution in [0.3, 0.4) is 0 Å². The molecule has 0 fully saturated rings. The second kappa shape index (κ2) is 4.80. The number of aryl methyl sites for hydroxylation is 1. The van der Waals surface area contributed by atoms with Gasteiger partial charge in [0.15, 0.2) is 11.5 Å². The molecule has 98 valence electrons. The van der Waals surface area contributed by atoms with Crippen LogP contribution in [0.1, 0.15) is 11.1 Å². The molecule has 4 heteroatoms. The lowest BCUT2D eigenvalue weighted by Crippen LogP contribution is -2.03. The molecule has 1 N–H and O–H groups in total. The zero-order valence-corrected chi connectivity index (χ0v) is 10.6. The summed E-state index contributed by atoms with van der Waals surface area (Å²) in [7, 11) is 0. The minimum Gasteiger partial charge on any atom is -0.454 e. The largest absolute Gasteiger partial charge is 0.454 e. The van der Waals surface area contributed by atoms with Crippen molar-refractivity contribution < 1.29 is 13.9 Å². The third kappa shape index (κ3) is 2.34. The molecule has 3 nitrogen and oxygen atoms in total. The number of fused-ring (bicyclic) bond motifs is 1. The fourth-order valence-electron chi connectivity index (χ4n) is 2.09. The Kier molecular flexibility index (Phi) is 2.99. The van der Waals surface area contributed by atoms with Crippen LogP contribution < -0.4 is 14.8 Å². The molecular weight excluding hydrogens is 245 g/mol. The van der Waals surface area contributed by atoms with Crippen LogP contribution in [0.25, 0.3) is 0 Å². The van der Waals surface area contributed by atoms with Crippen molar-refractivity contribution in [3.8, 4) is 11.5 Å². The van der Waals surface area contributed by atoms with E-state index in [1.54, 1.807) is 12.1 Å². The van der Waals surface area contributed by atoms with Gasteiger partial charge in [0.1, 0.15) is 5.82 Å². The van der Waals surface area contributed by atoms with Crippen molar-refractivity contribution in [2.24, 2.45) is 0 Å². The van der Waals surface area contributed by atoms with Crippen molar-refractivity contribution in [3.63, 3.8) is 0 Å². The Labute approximate surface area is 111 Å². The Hall–Kier alpha value is -2.23. The van der Waals surface area contributed by atoms with Gasteiger partial charge < -0.3 is 14.8 Å². The van der Waals surface area contributed by atoms with Crippen LogP contribution in [0.2, 0.25) is 0 Å². The van der Waals surface area contributed by atoms with Gasteiger partial charge in [0.25, 0.3) is 0 Å². The summed E-state index contributed by atoms with van der Waals surface area (Å²) in [4.78, 5) is 0. The van der Waals surface area contributed by atoms with Gasteiger partial charge in [0.05, 0.1) is 5.69 Å². The standard InChI is InChI=1S/C15H14FNO2/c1-10-5-6-12(16)13(7-10)17-8-11-3-2-4-14-15(11)19-9-18-14/h2-7,17H,8-9H2,1H3. The molecule has 3 rings (SSSR count). The number of ether oxygens (including phenoxy) is 2. The van der Waals surface area contributed by atoms with Gasteiger partial charge in [0, 0.05) is 12.1 Å². The summed E-state index contributed by atoms with van der Waals surface area (Å²) in [6.45, 7) is 2.67. The molecule has 0 radical (unpaired) electrons. The number of nitrogens with one attached hydrogen (secondary N) is 1. The van der Waals surface area contributed by atoms with Gasteiger partial charge >= 0.3 is 0 Å². The summed E-state index contributed by atoms with van der Waals surface area (Å²) in [5, 5.41) is 3.09. The molecule has 1 aliphatic rings. The topological polar surface area (TPSA) is 30.5 Å². The normalized spacial score (nSPS) is 12.5. The van der Waals surface area contributed by atoms with Crippen LogP contribution in [0.15, 0.2) is 36.4 Å². The molecule has 0 saturated carbocycles. The van der Waals surface area contributed by atoms with E-state index < -0.39 is 0 Å². The van der Waals surface area contributed by atoms with Crippen LogP contribution in [0.5, 0.6) is 11.5 Å². The predicted molar refractivity (Wildman–Crippen MR) is 71.0 cm³/mol. The smallest absolute Gasteiger partial charge is 0.231 e. The fraction of sp³-hybridized carbons (Fsp3) is 0.200. The Balaban J connectivity index is 1.80. The first kappa shape index (κ1) is 11.8. The van der Waals surface area contributed by atoms with E-state index >= 15 is 0 Å². The second-order valence-electron chi connectivity index (χ2n) is 4.49. The average molecular weight is 259 g/mol. The Morgan fingerprint density at radius 1 is 1.21 bits per heavy atom. The zero-order valence-electron chi connectivity index (χ0n) is 10.6. The number of halogens is 1. The van der Waals surface area contributed by atoms with Crippen molar-refractivity contribution >= 4 is 5.69 Å². The van der Waals surface area contributed by atoms with Crippen LogP contribution in [0, 0.1) is 12.7 Å². The minimum absolute atomic E-state index is 0.241. The summed E-state index contributed by atoms with van der Waals surface area (Å²) in [6, 6.07) is 10.7. The molecule has 0 unspecified atom stereocenters. The Morgan fingerprint density at radius 2 is 2.11 bits per heavy atom. The molecule has 0 bridgehead atoms. The molecule has 1 heterocycles. The number of hydrogen-bond acceptors (Lipinski definition) is 3. The van der Waals surface area contributed by atoms with Gasteiger partial charge in [-0.25, -0.2) is 4.39 Å². The molecule has 0 spiro atoms. The summed E-state index contributed by atoms with van der Waals surface area (Å²) in [5.74, 6) is 1.22. The second-order valence-corrected chi connectivity index (χ2v) is 4.49. The molecule has 0 aromatic heterocycles. The first-order valence-electron chi connectivity index (χ1n) is 6.11. The average Bonchev–Trinajstić information content (AvgIpc) is 2.88. The number of hydrogen-bond donors (Lipinski definition) is 1. The minimum atomic E-state index is -0.254. The lowest BCUT2D eigenvalue weighted by molar-refractivity contribution is 0.173. The third-order valence-corrected chi connectivity index (χ3v) is 3.07. The van der Waals surface area contributed by atoms with Crippen molar-refractivity contribution in [1.29, 1.82) is 0 Å². The Bertz CT molecular complexity index is 613. The van der Waals surface area contributed by atoms with E-state index in [1.807, 2.05) is 25.1 Å². The first-order chi connectivity index (χ1) is 9.24. The van der Waals surface area contributed by atoms with Crippen molar-refractivity contribution in [3.05, 3.63) is 53.3 Å². The highest BCUT2D eigenvalue weighted by molar-refractivity contribution is 5.52. The molecule has 2 aromatic rings. The fourth-order valence-corrected chi connectivity index (χ4v) is 2.09. The van der Waals surface area contributed by atoms with Gasteiger partial charge in [-0.15, -0.1) is 0 Å². The number of rotatable bonds is 3. The highest BCUT2D eigenvalue weighted by Gasteiger charge is 2.17. The van der Waals surface area contributed by atoms with Crippen LogP contribution >= 0.6 is 0 Å². The SMILES string of the molecule is Cc1ccc(F)c(NCc2cccc3c2OCO3)c1. The van der Waals surface area contributed by atoms with Gasteiger partial charge in [-0.2, -0.15) is 0 Å². The Morgan fingerprint density at radius 3 is 3.00 bits per heavy atom. The summed E-state index contributed by atoms with van der Waals surface area (Å²) in [6.07, 6.45) is 0. The van der Waals surface area contributed by atoms with Crippen LogP contribution in [-0.2, 0) is 6.54 Å². The molecule has 0 amide bonds. The number of anilines is 1. The van der Waals surface area contributed by atoms with E-state index in [9.17, 15) is 4.39 Å². The zero-order chi connectivity index (χ0) is 13.2. The molecule has 0 aliphatic carbocycles. The van der Waals surface area contributed by atoms with Gasteiger partial charge in [0.2, 0.25) is 6.79 Å². The number of benzene rings is 2. The van der Waals surface area contributed by atoms with Crippen molar-refractivity contribution in [2.45, 2.75) is 13.5 Å². The highest BCUT2D eigenvalue weighted by atomic mass is 19.1. The molecule has 0 saturated heterocycles. The molecular formula is C15H14FNO2. The lowest BCUT2D eigenvalue weighted by atomic mass is 10.1. The van der Waals surface area contributed by atoms with Crippen molar-refractivity contribution in [2.75, 3.05) is 12.1 Å².